The lowest BCUT2D eigenvalue weighted by Crippen LogP contribution is -2.32. The molecule has 8 heteroatoms. The molecule has 1 unspecified atom stereocenters. The van der Waals surface area contributed by atoms with Crippen LogP contribution in [0.1, 0.15) is 31.9 Å². The molecule has 0 bridgehead atoms. The molecule has 2 aromatic carbocycles. The van der Waals surface area contributed by atoms with Gasteiger partial charge < -0.3 is 19.5 Å². The van der Waals surface area contributed by atoms with E-state index in [-0.39, 0.29) is 19.7 Å². The Labute approximate surface area is 181 Å². The van der Waals surface area contributed by atoms with Crippen LogP contribution in [0.5, 0.6) is 0 Å². The molecule has 1 aliphatic rings. The Bertz CT molecular complexity index is 921. The zero-order valence-electron chi connectivity index (χ0n) is 17.8. The summed E-state index contributed by atoms with van der Waals surface area (Å²) in [4.78, 5) is 37.6. The molecule has 2 aromatic rings. The molecule has 1 aliphatic heterocycles. The minimum Gasteiger partial charge on any atom is -0.458 e. The molecular weight excluding hydrogens is 400 g/mol. The molecular formula is C23H26N2O6. The van der Waals surface area contributed by atoms with Crippen LogP contribution in [-0.2, 0) is 32.2 Å². The van der Waals surface area contributed by atoms with Crippen LogP contribution in [0.25, 0.3) is 0 Å². The summed E-state index contributed by atoms with van der Waals surface area (Å²) < 4.78 is 15.6. The first kappa shape index (κ1) is 22.1. The van der Waals surface area contributed by atoms with Gasteiger partial charge in [0.2, 0.25) is 6.10 Å². The van der Waals surface area contributed by atoms with Gasteiger partial charge in [-0.15, -0.1) is 0 Å². The van der Waals surface area contributed by atoms with E-state index in [4.69, 9.17) is 14.2 Å². The monoisotopic (exact) mass is 426 g/mol. The largest absolute Gasteiger partial charge is 0.458 e. The summed E-state index contributed by atoms with van der Waals surface area (Å²) in [6.45, 7) is 5.85. The Balaban J connectivity index is 1.51. The third-order valence-electron chi connectivity index (χ3n) is 4.38. The summed E-state index contributed by atoms with van der Waals surface area (Å²) in [7, 11) is 0. The molecule has 1 fully saturated rings. The number of esters is 1. The van der Waals surface area contributed by atoms with Gasteiger partial charge in [-0.25, -0.2) is 14.4 Å². The van der Waals surface area contributed by atoms with Crippen LogP contribution < -0.4 is 10.2 Å². The fraction of sp³-hybridized carbons (Fsp3) is 0.348. The van der Waals surface area contributed by atoms with E-state index < -0.39 is 29.9 Å². The average Bonchev–Trinajstić information content (AvgIpc) is 3.12. The number of amides is 2. The summed E-state index contributed by atoms with van der Waals surface area (Å²) in [5.41, 5.74) is 1.71. The lowest BCUT2D eigenvalue weighted by Gasteiger charge is -2.19. The lowest BCUT2D eigenvalue weighted by molar-refractivity contribution is -0.152. The molecule has 0 radical (unpaired) electrons. The molecule has 31 heavy (non-hydrogen) atoms. The van der Waals surface area contributed by atoms with Crippen molar-refractivity contribution in [1.29, 1.82) is 0 Å². The molecule has 0 saturated carbocycles. The highest BCUT2D eigenvalue weighted by atomic mass is 16.6. The number of cyclic esters (lactones) is 1. The van der Waals surface area contributed by atoms with E-state index in [1.807, 2.05) is 30.3 Å². The molecule has 1 saturated heterocycles. The number of nitrogens with one attached hydrogen (secondary N) is 1. The van der Waals surface area contributed by atoms with Gasteiger partial charge in [-0.05, 0) is 44.0 Å². The average molecular weight is 426 g/mol. The molecule has 0 aromatic heterocycles. The molecule has 8 nitrogen and oxygen atoms in total. The minimum atomic E-state index is -0.982. The molecule has 3 rings (SSSR count). The SMILES string of the molecule is CC(C)(C)OC(=O)NCc1ccc(N2CC(C(=O)OCc3ccccc3)OC2=O)cc1. The zero-order chi connectivity index (χ0) is 22.4. The molecule has 1 N–H and O–H groups in total. The van der Waals surface area contributed by atoms with E-state index >= 15 is 0 Å². The van der Waals surface area contributed by atoms with Gasteiger partial charge in [0.05, 0.1) is 6.54 Å². The highest BCUT2D eigenvalue weighted by Gasteiger charge is 2.38. The van der Waals surface area contributed by atoms with Gasteiger partial charge in [0.25, 0.3) is 0 Å². The first-order chi connectivity index (χ1) is 14.7. The van der Waals surface area contributed by atoms with Gasteiger partial charge in [0.1, 0.15) is 12.2 Å². The second kappa shape index (κ2) is 9.51. The lowest BCUT2D eigenvalue weighted by atomic mass is 10.2. The van der Waals surface area contributed by atoms with E-state index in [2.05, 4.69) is 5.32 Å². The second-order valence-electron chi connectivity index (χ2n) is 8.10. The van der Waals surface area contributed by atoms with Crippen LogP contribution in [0.3, 0.4) is 0 Å². The van der Waals surface area contributed by atoms with Gasteiger partial charge in [-0.3, -0.25) is 4.90 Å². The smallest absolute Gasteiger partial charge is 0.415 e. The minimum absolute atomic E-state index is 0.0714. The van der Waals surface area contributed by atoms with Crippen molar-refractivity contribution in [2.75, 3.05) is 11.4 Å². The van der Waals surface area contributed by atoms with Crippen molar-refractivity contribution in [3.8, 4) is 0 Å². The number of carbonyl (C=O) groups is 3. The van der Waals surface area contributed by atoms with E-state index in [1.165, 1.54) is 4.90 Å². The summed E-state index contributed by atoms with van der Waals surface area (Å²) >= 11 is 0. The molecule has 2 amide bonds. The van der Waals surface area contributed by atoms with Crippen LogP contribution in [0.15, 0.2) is 54.6 Å². The highest BCUT2D eigenvalue weighted by Crippen LogP contribution is 2.23. The normalized spacial score (nSPS) is 15.9. The van der Waals surface area contributed by atoms with Crippen LogP contribution in [0, 0.1) is 0 Å². The van der Waals surface area contributed by atoms with E-state index in [9.17, 15) is 14.4 Å². The number of ether oxygens (including phenoxy) is 3. The maximum atomic E-state index is 12.3. The standard InChI is InChI=1S/C23H26N2O6/c1-23(2,3)31-21(27)24-13-16-9-11-18(12-10-16)25-14-19(30-22(25)28)20(26)29-15-17-7-5-4-6-8-17/h4-12,19H,13-15H2,1-3H3,(H,24,27). The zero-order valence-corrected chi connectivity index (χ0v) is 17.8. The Kier molecular flexibility index (Phi) is 6.79. The molecule has 164 valence electrons. The quantitative estimate of drug-likeness (QED) is 0.558. The number of alkyl carbamates (subject to hydrolysis) is 1. The van der Waals surface area contributed by atoms with Crippen molar-refractivity contribution < 1.29 is 28.6 Å². The molecule has 0 spiro atoms. The first-order valence-electron chi connectivity index (χ1n) is 9.96. The number of anilines is 1. The fourth-order valence-corrected chi connectivity index (χ4v) is 2.90. The van der Waals surface area contributed by atoms with Crippen LogP contribution in [0.2, 0.25) is 0 Å². The number of nitrogens with zero attached hydrogens (tertiary/aromatic N) is 1. The van der Waals surface area contributed by atoms with Gasteiger partial charge in [-0.1, -0.05) is 42.5 Å². The Morgan fingerprint density at radius 3 is 2.39 bits per heavy atom. The topological polar surface area (TPSA) is 94.2 Å². The molecule has 1 heterocycles. The van der Waals surface area contributed by atoms with Gasteiger partial charge in [-0.2, -0.15) is 0 Å². The Morgan fingerprint density at radius 2 is 1.74 bits per heavy atom. The van der Waals surface area contributed by atoms with Gasteiger partial charge in [0.15, 0.2) is 0 Å². The van der Waals surface area contributed by atoms with Crippen molar-refractivity contribution >= 4 is 23.8 Å². The maximum absolute atomic E-state index is 12.3. The van der Waals surface area contributed by atoms with Crippen LogP contribution >= 0.6 is 0 Å². The predicted molar refractivity (Wildman–Crippen MR) is 113 cm³/mol. The van der Waals surface area contributed by atoms with Gasteiger partial charge >= 0.3 is 18.2 Å². The van der Waals surface area contributed by atoms with Crippen molar-refractivity contribution in [2.24, 2.45) is 0 Å². The highest BCUT2D eigenvalue weighted by molar-refractivity contribution is 5.94. The van der Waals surface area contributed by atoms with E-state index in [1.54, 1.807) is 45.0 Å². The summed E-state index contributed by atoms with van der Waals surface area (Å²) in [6.07, 6.45) is -2.09. The Morgan fingerprint density at radius 1 is 1.06 bits per heavy atom. The van der Waals surface area contributed by atoms with Crippen molar-refractivity contribution in [2.45, 2.75) is 45.6 Å². The Hall–Kier alpha value is -3.55. The third-order valence-corrected chi connectivity index (χ3v) is 4.38. The summed E-state index contributed by atoms with van der Waals surface area (Å²) in [6, 6.07) is 16.3. The molecule has 1 atom stereocenters. The summed E-state index contributed by atoms with van der Waals surface area (Å²) in [5.74, 6) is -0.585. The van der Waals surface area contributed by atoms with Gasteiger partial charge in [0, 0.05) is 12.2 Å². The second-order valence-corrected chi connectivity index (χ2v) is 8.10. The molecule has 0 aliphatic carbocycles. The third kappa shape index (κ3) is 6.47. The number of hydrogen-bond acceptors (Lipinski definition) is 6. The maximum Gasteiger partial charge on any atom is 0.415 e. The first-order valence-corrected chi connectivity index (χ1v) is 9.96. The van der Waals surface area contributed by atoms with E-state index in [0.717, 1.165) is 11.1 Å². The summed E-state index contributed by atoms with van der Waals surface area (Å²) in [5, 5.41) is 2.68. The van der Waals surface area contributed by atoms with Crippen molar-refractivity contribution in [3.63, 3.8) is 0 Å². The fourth-order valence-electron chi connectivity index (χ4n) is 2.90. The number of carbonyl (C=O) groups excluding carboxylic acids is 3. The number of benzene rings is 2. The predicted octanol–water partition coefficient (Wildman–Crippen LogP) is 3.78. The van der Waals surface area contributed by atoms with E-state index in [0.29, 0.717) is 5.69 Å². The van der Waals surface area contributed by atoms with Crippen molar-refractivity contribution in [3.05, 3.63) is 65.7 Å². The van der Waals surface area contributed by atoms with Crippen LogP contribution in [-0.4, -0.2) is 36.4 Å². The van der Waals surface area contributed by atoms with Crippen LogP contribution in [0.4, 0.5) is 15.3 Å². The van der Waals surface area contributed by atoms with Crippen molar-refractivity contribution in [1.82, 2.24) is 5.32 Å². The number of rotatable bonds is 6. The number of hydrogen-bond donors (Lipinski definition) is 1.